The van der Waals surface area contributed by atoms with Crippen LogP contribution in [0.15, 0.2) is 36.5 Å². The Kier molecular flexibility index (Phi) is 34.7. The predicted molar refractivity (Wildman–Crippen MR) is 201 cm³/mol. The number of rotatable bonds is 36. The Morgan fingerprint density at radius 2 is 1.06 bits per heavy atom. The smallest absolute Gasteiger partial charge is 0.462 e. The van der Waals surface area contributed by atoms with Crippen molar-refractivity contribution in [1.82, 2.24) is 0 Å². The van der Waals surface area contributed by atoms with Gasteiger partial charge >= 0.3 is 19.8 Å². The van der Waals surface area contributed by atoms with E-state index in [0.29, 0.717) is 6.42 Å². The van der Waals surface area contributed by atoms with Gasteiger partial charge in [-0.15, -0.1) is 0 Å². The Morgan fingerprint density at radius 3 is 1.57 bits per heavy atom. The van der Waals surface area contributed by atoms with Gasteiger partial charge in [-0.3, -0.25) is 18.6 Å². The summed E-state index contributed by atoms with van der Waals surface area (Å²) in [4.78, 5) is 34.7. The number of allylic oxidation sites excluding steroid dienone is 6. The maximum Gasteiger partial charge on any atom is 0.472 e. The molecule has 0 aromatic rings. The predicted octanol–water partition coefficient (Wildman–Crippen LogP) is 10.6. The summed E-state index contributed by atoms with van der Waals surface area (Å²) in [7, 11) is -4.38. The van der Waals surface area contributed by atoms with Crippen molar-refractivity contribution in [3.05, 3.63) is 36.5 Å². The van der Waals surface area contributed by atoms with Crippen molar-refractivity contribution in [3.8, 4) is 0 Å². The summed E-state index contributed by atoms with van der Waals surface area (Å²) in [5.41, 5.74) is 5.33. The monoisotopic (exact) mass is 713 g/mol. The van der Waals surface area contributed by atoms with Gasteiger partial charge in [-0.2, -0.15) is 0 Å². The molecular weight excluding hydrogens is 641 g/mol. The molecule has 49 heavy (non-hydrogen) atoms. The van der Waals surface area contributed by atoms with Crippen molar-refractivity contribution in [1.29, 1.82) is 0 Å². The van der Waals surface area contributed by atoms with Gasteiger partial charge in [-0.1, -0.05) is 127 Å². The maximum atomic E-state index is 12.5. The van der Waals surface area contributed by atoms with E-state index in [1.807, 2.05) is 0 Å². The largest absolute Gasteiger partial charge is 0.472 e. The van der Waals surface area contributed by atoms with Crippen molar-refractivity contribution in [2.75, 3.05) is 26.4 Å². The molecule has 0 heterocycles. The molecule has 0 radical (unpaired) electrons. The molecule has 10 heteroatoms. The lowest BCUT2D eigenvalue weighted by atomic mass is 10.1. The van der Waals surface area contributed by atoms with Crippen LogP contribution in [-0.2, 0) is 32.7 Å². The number of unbranched alkanes of at least 4 members (excludes halogenated alkanes) is 18. The molecule has 1 unspecified atom stereocenters. The SMILES string of the molecule is CCCCCC/C=C/C=C/CCCCCCCC(=O)O[C@H](COC(=O)CCCCCCC/C=C/CCCCCC)COP(=O)(O)OCCN. The highest BCUT2D eigenvalue weighted by Crippen LogP contribution is 2.43. The van der Waals surface area contributed by atoms with E-state index in [0.717, 1.165) is 77.0 Å². The second-order valence-electron chi connectivity index (χ2n) is 12.8. The highest BCUT2D eigenvalue weighted by molar-refractivity contribution is 7.47. The molecule has 0 amide bonds. The lowest BCUT2D eigenvalue weighted by Gasteiger charge is -2.19. The summed E-state index contributed by atoms with van der Waals surface area (Å²) in [6.07, 6.45) is 37.4. The molecule has 9 nitrogen and oxygen atoms in total. The highest BCUT2D eigenvalue weighted by atomic mass is 31.2. The van der Waals surface area contributed by atoms with Crippen LogP contribution in [0.2, 0.25) is 0 Å². The molecule has 0 aliphatic heterocycles. The van der Waals surface area contributed by atoms with Gasteiger partial charge < -0.3 is 20.1 Å². The van der Waals surface area contributed by atoms with Gasteiger partial charge in [0.15, 0.2) is 6.10 Å². The third-order valence-electron chi connectivity index (χ3n) is 8.03. The molecule has 0 rings (SSSR count). The molecule has 0 aromatic heterocycles. The summed E-state index contributed by atoms with van der Waals surface area (Å²) in [5.74, 6) is -0.858. The second kappa shape index (κ2) is 36.0. The number of esters is 2. The van der Waals surface area contributed by atoms with Crippen molar-refractivity contribution < 1.29 is 37.6 Å². The lowest BCUT2D eigenvalue weighted by molar-refractivity contribution is -0.161. The van der Waals surface area contributed by atoms with Gasteiger partial charge in [0.1, 0.15) is 6.61 Å². The minimum absolute atomic E-state index is 0.0491. The highest BCUT2D eigenvalue weighted by Gasteiger charge is 2.25. The fraction of sp³-hybridized carbons (Fsp3) is 0.795. The first-order valence-corrected chi connectivity index (χ1v) is 21.0. The molecule has 2 atom stereocenters. The molecule has 0 aromatic carbocycles. The number of hydrogen-bond acceptors (Lipinski definition) is 8. The van der Waals surface area contributed by atoms with Crippen LogP contribution in [0.5, 0.6) is 0 Å². The van der Waals surface area contributed by atoms with Gasteiger partial charge in [-0.05, 0) is 64.2 Å². The van der Waals surface area contributed by atoms with Gasteiger partial charge in [0, 0.05) is 19.4 Å². The minimum atomic E-state index is -4.38. The van der Waals surface area contributed by atoms with E-state index >= 15 is 0 Å². The first-order valence-electron chi connectivity index (χ1n) is 19.5. The molecule has 0 saturated carbocycles. The molecular formula is C39H72NO8P. The van der Waals surface area contributed by atoms with Crippen molar-refractivity contribution >= 4 is 19.8 Å². The van der Waals surface area contributed by atoms with Gasteiger partial charge in [0.2, 0.25) is 0 Å². The van der Waals surface area contributed by atoms with Gasteiger partial charge in [0.25, 0.3) is 0 Å². The number of hydrogen-bond donors (Lipinski definition) is 2. The Morgan fingerprint density at radius 1 is 0.612 bits per heavy atom. The molecule has 0 saturated heterocycles. The zero-order valence-corrected chi connectivity index (χ0v) is 32.1. The standard InChI is InChI=1S/C39H72NO8P/c1-3-5-7-9-11-13-15-17-18-20-22-24-26-28-30-32-39(42)48-37(36-47-49(43,44)46-34-33-40)35-45-38(41)31-29-27-25-23-21-19-16-14-12-10-8-6-4-2/h13-18,37H,3-12,19-36,40H2,1-2H3,(H,43,44)/b15-13+,16-14+,18-17+/t37-/m1/s1. The van der Waals surface area contributed by atoms with Crippen molar-refractivity contribution in [3.63, 3.8) is 0 Å². The first kappa shape index (κ1) is 47.2. The fourth-order valence-corrected chi connectivity index (χ4v) is 5.85. The molecule has 0 aliphatic carbocycles. The number of phosphoric acid groups is 1. The second-order valence-corrected chi connectivity index (χ2v) is 14.3. The average molecular weight is 714 g/mol. The number of nitrogens with two attached hydrogens (primary N) is 1. The molecule has 286 valence electrons. The van der Waals surface area contributed by atoms with Crippen LogP contribution in [0.4, 0.5) is 0 Å². The number of phosphoric ester groups is 1. The van der Waals surface area contributed by atoms with E-state index in [-0.39, 0.29) is 32.6 Å². The summed E-state index contributed by atoms with van der Waals surface area (Å²) in [6, 6.07) is 0. The molecule has 0 bridgehead atoms. The van der Waals surface area contributed by atoms with Gasteiger partial charge in [0.05, 0.1) is 13.2 Å². The van der Waals surface area contributed by atoms with E-state index < -0.39 is 32.5 Å². The molecule has 0 fully saturated rings. The number of carbonyl (C=O) groups is 2. The molecule has 3 N–H and O–H groups in total. The zero-order valence-electron chi connectivity index (χ0n) is 31.2. The average Bonchev–Trinajstić information content (AvgIpc) is 3.08. The van der Waals surface area contributed by atoms with E-state index in [1.165, 1.54) is 57.8 Å². The van der Waals surface area contributed by atoms with Crippen LogP contribution in [0.3, 0.4) is 0 Å². The van der Waals surface area contributed by atoms with Crippen molar-refractivity contribution in [2.45, 2.75) is 174 Å². The van der Waals surface area contributed by atoms with Crippen molar-refractivity contribution in [2.24, 2.45) is 5.73 Å². The number of carbonyl (C=O) groups excluding carboxylic acids is 2. The Labute approximate surface area is 299 Å². The summed E-state index contributed by atoms with van der Waals surface area (Å²) in [6.45, 7) is 3.65. The summed E-state index contributed by atoms with van der Waals surface area (Å²) < 4.78 is 32.6. The van der Waals surface area contributed by atoms with Crippen LogP contribution in [0.25, 0.3) is 0 Å². The van der Waals surface area contributed by atoms with Gasteiger partial charge in [-0.25, -0.2) is 4.57 Å². The van der Waals surface area contributed by atoms with Crippen LogP contribution in [0.1, 0.15) is 168 Å². The molecule has 0 aliphatic rings. The topological polar surface area (TPSA) is 134 Å². The minimum Gasteiger partial charge on any atom is -0.462 e. The Balaban J connectivity index is 4.26. The molecule has 0 spiro atoms. The lowest BCUT2D eigenvalue weighted by Crippen LogP contribution is -2.29. The third-order valence-corrected chi connectivity index (χ3v) is 9.01. The van der Waals surface area contributed by atoms with E-state index in [4.69, 9.17) is 24.3 Å². The van der Waals surface area contributed by atoms with E-state index in [2.05, 4.69) is 50.3 Å². The summed E-state index contributed by atoms with van der Waals surface area (Å²) >= 11 is 0. The maximum absolute atomic E-state index is 12.5. The quantitative estimate of drug-likeness (QED) is 0.0214. The Bertz CT molecular complexity index is 907. The van der Waals surface area contributed by atoms with Crippen LogP contribution < -0.4 is 5.73 Å². The fourth-order valence-electron chi connectivity index (χ4n) is 5.09. The zero-order chi connectivity index (χ0) is 36.1. The van der Waals surface area contributed by atoms with E-state index in [9.17, 15) is 19.0 Å². The van der Waals surface area contributed by atoms with Crippen LogP contribution >= 0.6 is 7.82 Å². The van der Waals surface area contributed by atoms with Crippen LogP contribution in [0, 0.1) is 0 Å². The first-order chi connectivity index (χ1) is 23.8. The third kappa shape index (κ3) is 35.8. The summed E-state index contributed by atoms with van der Waals surface area (Å²) in [5, 5.41) is 0. The van der Waals surface area contributed by atoms with Crippen LogP contribution in [-0.4, -0.2) is 49.3 Å². The Hall–Kier alpha value is -1.77. The normalized spacial score (nSPS) is 13.8. The van der Waals surface area contributed by atoms with E-state index in [1.54, 1.807) is 0 Å². The number of ether oxygens (including phenoxy) is 2.